The number of aryl methyl sites for hydroxylation is 2. The van der Waals surface area contributed by atoms with E-state index in [4.69, 9.17) is 5.73 Å². The molecule has 2 saturated carbocycles. The van der Waals surface area contributed by atoms with Gasteiger partial charge in [-0.2, -0.15) is 0 Å². The first-order valence-corrected chi connectivity index (χ1v) is 10.3. The largest absolute Gasteiger partial charge is 0.352 e. The maximum Gasteiger partial charge on any atom is 0.251 e. The van der Waals surface area contributed by atoms with Crippen LogP contribution in [0.5, 0.6) is 0 Å². The van der Waals surface area contributed by atoms with Gasteiger partial charge in [-0.1, -0.05) is 30.0 Å². The second kappa shape index (κ2) is 8.42. The maximum atomic E-state index is 12.5. The Labute approximate surface area is 162 Å². The van der Waals surface area contributed by atoms with Crippen molar-refractivity contribution in [3.63, 3.8) is 0 Å². The van der Waals surface area contributed by atoms with Crippen molar-refractivity contribution in [2.24, 2.45) is 11.7 Å². The lowest BCUT2D eigenvalue weighted by atomic mass is 9.85. The summed E-state index contributed by atoms with van der Waals surface area (Å²) in [7, 11) is 0. The Morgan fingerprint density at radius 2 is 1.63 bits per heavy atom. The topological polar surface area (TPSA) is 84.2 Å². The van der Waals surface area contributed by atoms with Crippen LogP contribution in [0.4, 0.5) is 0 Å². The number of rotatable bonds is 5. The molecule has 0 saturated heterocycles. The molecule has 2 aliphatic carbocycles. The lowest BCUT2D eigenvalue weighted by Crippen LogP contribution is -2.55. The van der Waals surface area contributed by atoms with E-state index < -0.39 is 5.54 Å². The summed E-state index contributed by atoms with van der Waals surface area (Å²) in [6.45, 7) is 4.72. The van der Waals surface area contributed by atoms with Crippen LogP contribution >= 0.6 is 0 Å². The van der Waals surface area contributed by atoms with Crippen molar-refractivity contribution < 1.29 is 9.59 Å². The molecule has 0 spiro atoms. The van der Waals surface area contributed by atoms with Gasteiger partial charge in [0.1, 0.15) is 0 Å². The molecule has 0 radical (unpaired) electrons. The number of carbonyl (C=O) groups excluding carboxylic acids is 2. The Kier molecular flexibility index (Phi) is 6.20. The quantitative estimate of drug-likeness (QED) is 0.744. The molecule has 2 aliphatic rings. The van der Waals surface area contributed by atoms with Crippen LogP contribution in [0.3, 0.4) is 0 Å². The molecule has 0 unspecified atom stereocenters. The molecular formula is C22H33N3O2. The van der Waals surface area contributed by atoms with Crippen LogP contribution in [0.15, 0.2) is 18.2 Å². The Balaban J connectivity index is 1.41. The minimum atomic E-state index is -0.642. The number of benzene rings is 1. The van der Waals surface area contributed by atoms with Gasteiger partial charge in [0.05, 0.1) is 5.54 Å². The van der Waals surface area contributed by atoms with E-state index in [-0.39, 0.29) is 17.9 Å². The molecule has 148 valence electrons. The molecule has 5 heteroatoms. The molecule has 2 amide bonds. The Bertz CT molecular complexity index is 667. The van der Waals surface area contributed by atoms with Crippen molar-refractivity contribution in [2.75, 3.05) is 6.54 Å². The van der Waals surface area contributed by atoms with Gasteiger partial charge in [0.25, 0.3) is 5.91 Å². The summed E-state index contributed by atoms with van der Waals surface area (Å²) in [5.74, 6) is 0.515. The third kappa shape index (κ3) is 5.10. The Hall–Kier alpha value is -1.88. The molecule has 0 heterocycles. The van der Waals surface area contributed by atoms with Crippen molar-refractivity contribution in [1.29, 1.82) is 0 Å². The van der Waals surface area contributed by atoms with E-state index in [0.717, 1.165) is 68.1 Å². The fraction of sp³-hybridized carbons (Fsp3) is 0.636. The number of hydrogen-bond donors (Lipinski definition) is 3. The maximum absolute atomic E-state index is 12.5. The summed E-state index contributed by atoms with van der Waals surface area (Å²) in [6, 6.07) is 6.16. The first-order valence-electron chi connectivity index (χ1n) is 10.3. The molecule has 1 aromatic carbocycles. The number of carbonyl (C=O) groups is 2. The van der Waals surface area contributed by atoms with Crippen LogP contribution in [0.25, 0.3) is 0 Å². The highest BCUT2D eigenvalue weighted by molar-refractivity contribution is 5.94. The minimum Gasteiger partial charge on any atom is -0.352 e. The molecule has 2 fully saturated rings. The average molecular weight is 372 g/mol. The molecule has 0 aliphatic heterocycles. The van der Waals surface area contributed by atoms with E-state index in [9.17, 15) is 9.59 Å². The van der Waals surface area contributed by atoms with E-state index in [0.29, 0.717) is 12.5 Å². The first-order chi connectivity index (χ1) is 12.9. The number of nitrogens with one attached hydrogen (secondary N) is 2. The fourth-order valence-corrected chi connectivity index (χ4v) is 4.52. The van der Waals surface area contributed by atoms with Gasteiger partial charge in [-0.15, -0.1) is 0 Å². The number of nitrogens with two attached hydrogens (primary N) is 1. The summed E-state index contributed by atoms with van der Waals surface area (Å²) < 4.78 is 0. The Morgan fingerprint density at radius 1 is 1.04 bits per heavy atom. The summed E-state index contributed by atoms with van der Waals surface area (Å²) in [6.07, 6.45) is 7.69. The van der Waals surface area contributed by atoms with Gasteiger partial charge in [0, 0.05) is 18.2 Å². The molecular weight excluding hydrogens is 338 g/mol. The van der Waals surface area contributed by atoms with Crippen LogP contribution in [0.2, 0.25) is 0 Å². The van der Waals surface area contributed by atoms with Gasteiger partial charge >= 0.3 is 0 Å². The summed E-state index contributed by atoms with van der Waals surface area (Å²) in [4.78, 5) is 24.9. The predicted octanol–water partition coefficient (Wildman–Crippen LogP) is 2.98. The van der Waals surface area contributed by atoms with E-state index in [1.807, 2.05) is 26.0 Å². The van der Waals surface area contributed by atoms with Crippen molar-refractivity contribution in [3.05, 3.63) is 34.9 Å². The van der Waals surface area contributed by atoms with Gasteiger partial charge < -0.3 is 16.4 Å². The van der Waals surface area contributed by atoms with Gasteiger partial charge in [0.15, 0.2) is 0 Å². The van der Waals surface area contributed by atoms with Gasteiger partial charge in [-0.25, -0.2) is 0 Å². The molecule has 0 aromatic heterocycles. The monoisotopic (exact) mass is 371 g/mol. The van der Waals surface area contributed by atoms with Crippen LogP contribution < -0.4 is 16.4 Å². The molecule has 1 aromatic rings. The lowest BCUT2D eigenvalue weighted by Gasteiger charge is -2.32. The van der Waals surface area contributed by atoms with Crippen LogP contribution in [-0.2, 0) is 4.79 Å². The van der Waals surface area contributed by atoms with Gasteiger partial charge in [-0.05, 0) is 70.4 Å². The smallest absolute Gasteiger partial charge is 0.251 e. The lowest BCUT2D eigenvalue weighted by molar-refractivity contribution is -0.127. The van der Waals surface area contributed by atoms with E-state index in [2.05, 4.69) is 16.7 Å². The summed E-state index contributed by atoms with van der Waals surface area (Å²) in [5, 5.41) is 6.26. The SMILES string of the molecule is Cc1cc(C)cc(C(=O)NCC2CCC(NC(=O)C3(N)CCCC3)CC2)c1. The first kappa shape index (κ1) is 19.9. The number of hydrogen-bond acceptors (Lipinski definition) is 3. The highest BCUT2D eigenvalue weighted by atomic mass is 16.2. The van der Waals surface area contributed by atoms with Crippen molar-refractivity contribution in [2.45, 2.75) is 76.8 Å². The molecule has 5 nitrogen and oxygen atoms in total. The predicted molar refractivity (Wildman–Crippen MR) is 108 cm³/mol. The van der Waals surface area contributed by atoms with Crippen LogP contribution in [0, 0.1) is 19.8 Å². The average Bonchev–Trinajstić information content (AvgIpc) is 3.08. The van der Waals surface area contributed by atoms with Gasteiger partial charge in [-0.3, -0.25) is 9.59 Å². The van der Waals surface area contributed by atoms with Crippen LogP contribution in [-0.4, -0.2) is 29.9 Å². The normalized spacial score (nSPS) is 24.4. The van der Waals surface area contributed by atoms with E-state index in [1.165, 1.54) is 0 Å². The minimum absolute atomic E-state index is 0.00327. The second-order valence-corrected chi connectivity index (χ2v) is 8.64. The standard InChI is InChI=1S/C22H33N3O2/c1-15-11-16(2)13-18(12-15)20(26)24-14-17-5-7-19(8-6-17)25-21(27)22(23)9-3-4-10-22/h11-13,17,19H,3-10,14,23H2,1-2H3,(H,24,26)(H,25,27). The molecule has 0 bridgehead atoms. The van der Waals surface area contributed by atoms with Crippen molar-refractivity contribution >= 4 is 11.8 Å². The van der Waals surface area contributed by atoms with E-state index >= 15 is 0 Å². The Morgan fingerprint density at radius 3 is 2.22 bits per heavy atom. The molecule has 4 N–H and O–H groups in total. The van der Waals surface area contributed by atoms with E-state index in [1.54, 1.807) is 0 Å². The fourth-order valence-electron chi connectivity index (χ4n) is 4.52. The van der Waals surface area contributed by atoms with Crippen LogP contribution in [0.1, 0.15) is 72.9 Å². The van der Waals surface area contributed by atoms with Crippen molar-refractivity contribution in [1.82, 2.24) is 10.6 Å². The summed E-state index contributed by atoms with van der Waals surface area (Å²) >= 11 is 0. The molecule has 27 heavy (non-hydrogen) atoms. The highest BCUT2D eigenvalue weighted by Crippen LogP contribution is 2.29. The third-order valence-electron chi connectivity index (χ3n) is 6.17. The second-order valence-electron chi connectivity index (χ2n) is 8.64. The molecule has 0 atom stereocenters. The molecule has 3 rings (SSSR count). The zero-order chi connectivity index (χ0) is 19.4. The number of amides is 2. The van der Waals surface area contributed by atoms with Crippen molar-refractivity contribution in [3.8, 4) is 0 Å². The van der Waals surface area contributed by atoms with Gasteiger partial charge in [0.2, 0.25) is 5.91 Å². The highest BCUT2D eigenvalue weighted by Gasteiger charge is 2.38. The zero-order valence-corrected chi connectivity index (χ0v) is 16.6. The summed E-state index contributed by atoms with van der Waals surface area (Å²) in [5.41, 5.74) is 8.55. The third-order valence-corrected chi connectivity index (χ3v) is 6.17. The zero-order valence-electron chi connectivity index (χ0n) is 16.6.